The molecule has 0 radical (unpaired) electrons. The Bertz CT molecular complexity index is 349. The minimum absolute atomic E-state index is 0.0310. The smallest absolute Gasteiger partial charge is 0.251 e. The molecule has 0 heterocycles. The van der Waals surface area contributed by atoms with E-state index in [9.17, 15) is 4.79 Å². The number of amides is 1. The Morgan fingerprint density at radius 3 is 2.44 bits per heavy atom. The average Bonchev–Trinajstić information content (AvgIpc) is 2.42. The fourth-order valence-corrected chi connectivity index (χ4v) is 1.67. The monoisotopic (exact) mass is 250 g/mol. The van der Waals surface area contributed by atoms with Crippen molar-refractivity contribution < 1.29 is 9.53 Å². The maximum atomic E-state index is 11.8. The van der Waals surface area contributed by atoms with Crippen molar-refractivity contribution in [2.24, 2.45) is 5.73 Å². The van der Waals surface area contributed by atoms with Gasteiger partial charge in [0.25, 0.3) is 5.91 Å². The predicted octanol–water partition coefficient (Wildman–Crippen LogP) is 1.94. The van der Waals surface area contributed by atoms with Gasteiger partial charge >= 0.3 is 0 Å². The SMILES string of the molecule is COc1ccc(C(=O)NCCCCCCN)cc1. The highest BCUT2D eigenvalue weighted by Gasteiger charge is 2.04. The second-order valence-corrected chi connectivity index (χ2v) is 4.19. The fraction of sp³-hybridized carbons (Fsp3) is 0.500. The van der Waals surface area contributed by atoms with E-state index < -0.39 is 0 Å². The van der Waals surface area contributed by atoms with Crippen molar-refractivity contribution >= 4 is 5.91 Å². The maximum Gasteiger partial charge on any atom is 0.251 e. The molecule has 100 valence electrons. The highest BCUT2D eigenvalue weighted by Crippen LogP contribution is 2.11. The number of unbranched alkanes of at least 4 members (excludes halogenated alkanes) is 3. The van der Waals surface area contributed by atoms with Gasteiger partial charge in [0, 0.05) is 12.1 Å². The van der Waals surface area contributed by atoms with Gasteiger partial charge in [0.2, 0.25) is 0 Å². The van der Waals surface area contributed by atoms with Crippen LogP contribution in [0.5, 0.6) is 5.75 Å². The van der Waals surface area contributed by atoms with Crippen LogP contribution in [-0.2, 0) is 0 Å². The molecule has 1 aromatic rings. The molecule has 0 atom stereocenters. The van der Waals surface area contributed by atoms with Crippen molar-refractivity contribution in [3.05, 3.63) is 29.8 Å². The zero-order valence-corrected chi connectivity index (χ0v) is 10.9. The summed E-state index contributed by atoms with van der Waals surface area (Å²) in [5.41, 5.74) is 6.08. The molecule has 0 aliphatic heterocycles. The largest absolute Gasteiger partial charge is 0.497 e. The zero-order chi connectivity index (χ0) is 13.2. The Hall–Kier alpha value is -1.55. The van der Waals surface area contributed by atoms with Crippen molar-refractivity contribution in [2.45, 2.75) is 25.7 Å². The molecule has 4 heteroatoms. The van der Waals surface area contributed by atoms with E-state index in [-0.39, 0.29) is 5.91 Å². The van der Waals surface area contributed by atoms with Crippen LogP contribution >= 0.6 is 0 Å². The Balaban J connectivity index is 2.23. The minimum atomic E-state index is -0.0310. The molecule has 0 fully saturated rings. The highest BCUT2D eigenvalue weighted by atomic mass is 16.5. The van der Waals surface area contributed by atoms with Crippen LogP contribution in [0.15, 0.2) is 24.3 Å². The summed E-state index contributed by atoms with van der Waals surface area (Å²) in [5, 5.41) is 2.90. The summed E-state index contributed by atoms with van der Waals surface area (Å²) in [6, 6.07) is 7.11. The summed E-state index contributed by atoms with van der Waals surface area (Å²) in [4.78, 5) is 11.8. The van der Waals surface area contributed by atoms with Crippen LogP contribution in [0.2, 0.25) is 0 Å². The average molecular weight is 250 g/mol. The molecule has 18 heavy (non-hydrogen) atoms. The van der Waals surface area contributed by atoms with Crippen LogP contribution in [-0.4, -0.2) is 26.1 Å². The lowest BCUT2D eigenvalue weighted by atomic mass is 10.2. The minimum Gasteiger partial charge on any atom is -0.497 e. The summed E-state index contributed by atoms with van der Waals surface area (Å²) in [5.74, 6) is 0.727. The molecule has 1 aromatic carbocycles. The Morgan fingerprint density at radius 2 is 1.83 bits per heavy atom. The number of ether oxygens (including phenoxy) is 1. The molecule has 0 saturated carbocycles. The number of nitrogens with one attached hydrogen (secondary N) is 1. The second kappa shape index (κ2) is 8.53. The number of methoxy groups -OCH3 is 1. The third-order valence-electron chi connectivity index (χ3n) is 2.77. The number of carbonyl (C=O) groups is 1. The molecule has 0 saturated heterocycles. The quantitative estimate of drug-likeness (QED) is 0.693. The molecule has 1 amide bonds. The lowest BCUT2D eigenvalue weighted by molar-refractivity contribution is 0.0953. The van der Waals surface area contributed by atoms with Gasteiger partial charge in [0.15, 0.2) is 0 Å². The molecule has 3 N–H and O–H groups in total. The summed E-state index contributed by atoms with van der Waals surface area (Å²) in [6.45, 7) is 1.47. The van der Waals surface area contributed by atoms with Gasteiger partial charge in [0.05, 0.1) is 7.11 Å². The zero-order valence-electron chi connectivity index (χ0n) is 10.9. The van der Waals surface area contributed by atoms with Crippen LogP contribution in [0.1, 0.15) is 36.0 Å². The summed E-state index contributed by atoms with van der Waals surface area (Å²) in [7, 11) is 1.61. The first-order valence-electron chi connectivity index (χ1n) is 6.40. The van der Waals surface area contributed by atoms with E-state index in [1.807, 2.05) is 0 Å². The molecule has 4 nitrogen and oxygen atoms in total. The van der Waals surface area contributed by atoms with Gasteiger partial charge in [-0.15, -0.1) is 0 Å². The van der Waals surface area contributed by atoms with Crippen LogP contribution in [0.4, 0.5) is 0 Å². The predicted molar refractivity (Wildman–Crippen MR) is 72.8 cm³/mol. The second-order valence-electron chi connectivity index (χ2n) is 4.19. The van der Waals surface area contributed by atoms with Crippen LogP contribution < -0.4 is 15.8 Å². The number of carbonyl (C=O) groups excluding carboxylic acids is 1. The maximum absolute atomic E-state index is 11.8. The molecule has 0 aliphatic carbocycles. The van der Waals surface area contributed by atoms with Gasteiger partial charge in [-0.1, -0.05) is 12.8 Å². The van der Waals surface area contributed by atoms with Crippen molar-refractivity contribution in [3.8, 4) is 5.75 Å². The third kappa shape index (κ3) is 5.19. The van der Waals surface area contributed by atoms with Gasteiger partial charge in [0.1, 0.15) is 5.75 Å². The van der Waals surface area contributed by atoms with Gasteiger partial charge in [-0.3, -0.25) is 4.79 Å². The van der Waals surface area contributed by atoms with E-state index in [0.29, 0.717) is 5.56 Å². The van der Waals surface area contributed by atoms with E-state index in [0.717, 1.165) is 44.5 Å². The standard InChI is InChI=1S/C14H22N2O2/c1-18-13-8-6-12(7-9-13)14(17)16-11-5-3-2-4-10-15/h6-9H,2-5,10-11,15H2,1H3,(H,16,17). The fourth-order valence-electron chi connectivity index (χ4n) is 1.67. The molecule has 0 unspecified atom stereocenters. The first-order valence-corrected chi connectivity index (χ1v) is 6.40. The van der Waals surface area contributed by atoms with Gasteiger partial charge in [-0.05, 0) is 43.7 Å². The lowest BCUT2D eigenvalue weighted by Gasteiger charge is -2.06. The van der Waals surface area contributed by atoms with E-state index >= 15 is 0 Å². The van der Waals surface area contributed by atoms with Crippen molar-refractivity contribution in [1.82, 2.24) is 5.32 Å². The molecule has 0 aromatic heterocycles. The van der Waals surface area contributed by atoms with Crippen LogP contribution in [0, 0.1) is 0 Å². The van der Waals surface area contributed by atoms with Gasteiger partial charge in [-0.2, -0.15) is 0 Å². The van der Waals surface area contributed by atoms with Crippen molar-refractivity contribution in [2.75, 3.05) is 20.2 Å². The topological polar surface area (TPSA) is 64.3 Å². The summed E-state index contributed by atoms with van der Waals surface area (Å²) >= 11 is 0. The number of hydrogen-bond acceptors (Lipinski definition) is 3. The number of rotatable bonds is 8. The van der Waals surface area contributed by atoms with Gasteiger partial charge in [-0.25, -0.2) is 0 Å². The summed E-state index contributed by atoms with van der Waals surface area (Å²) < 4.78 is 5.04. The van der Waals surface area contributed by atoms with E-state index in [4.69, 9.17) is 10.5 Å². The molecule has 0 bridgehead atoms. The summed E-state index contributed by atoms with van der Waals surface area (Å²) in [6.07, 6.45) is 4.31. The highest BCUT2D eigenvalue weighted by molar-refractivity contribution is 5.94. The van der Waals surface area contributed by atoms with E-state index in [1.165, 1.54) is 0 Å². The van der Waals surface area contributed by atoms with Crippen molar-refractivity contribution in [1.29, 1.82) is 0 Å². The lowest BCUT2D eigenvalue weighted by Crippen LogP contribution is -2.24. The number of nitrogens with two attached hydrogens (primary N) is 1. The molecule has 1 rings (SSSR count). The van der Waals surface area contributed by atoms with Crippen molar-refractivity contribution in [3.63, 3.8) is 0 Å². The Kier molecular flexibility index (Phi) is 6.87. The normalized spacial score (nSPS) is 10.1. The number of benzene rings is 1. The van der Waals surface area contributed by atoms with Crippen LogP contribution in [0.25, 0.3) is 0 Å². The first kappa shape index (κ1) is 14.5. The van der Waals surface area contributed by atoms with E-state index in [2.05, 4.69) is 5.32 Å². The number of hydrogen-bond donors (Lipinski definition) is 2. The molecule has 0 aliphatic rings. The van der Waals surface area contributed by atoms with E-state index in [1.54, 1.807) is 31.4 Å². The molecular weight excluding hydrogens is 228 g/mol. The van der Waals surface area contributed by atoms with Gasteiger partial charge < -0.3 is 15.8 Å². The Morgan fingerprint density at radius 1 is 1.17 bits per heavy atom. The Labute approximate surface area is 109 Å². The molecule has 0 spiro atoms. The van der Waals surface area contributed by atoms with Crippen LogP contribution in [0.3, 0.4) is 0 Å². The third-order valence-corrected chi connectivity index (χ3v) is 2.77. The first-order chi connectivity index (χ1) is 8.77. The molecular formula is C14H22N2O2.